The van der Waals surface area contributed by atoms with Crippen LogP contribution in [0.4, 0.5) is 11.4 Å². The number of nitro benzene ring substituents is 1. The molecule has 0 unspecified atom stereocenters. The first-order chi connectivity index (χ1) is 11.0. The Balaban J connectivity index is 2.32. The summed E-state index contributed by atoms with van der Waals surface area (Å²) in [5, 5.41) is 22.0. The second-order valence-electron chi connectivity index (χ2n) is 4.62. The first-order valence-corrected chi connectivity index (χ1v) is 6.38. The molecular formula is C14H8N4O5. The number of nitrogens with zero attached hydrogens (tertiary/aromatic N) is 4. The molecule has 3 rings (SSSR count). The van der Waals surface area contributed by atoms with Crippen LogP contribution < -0.4 is 0 Å². The van der Waals surface area contributed by atoms with Gasteiger partial charge in [0.25, 0.3) is 5.69 Å². The first kappa shape index (κ1) is 14.3. The van der Waals surface area contributed by atoms with Crippen molar-refractivity contribution in [2.45, 2.75) is 0 Å². The molecule has 3 aromatic rings. The Labute approximate surface area is 128 Å². The Morgan fingerprint density at radius 3 is 2.52 bits per heavy atom. The second kappa shape index (κ2) is 5.30. The molecule has 0 amide bonds. The molecule has 0 aliphatic carbocycles. The molecule has 1 aromatic carbocycles. The maximum Gasteiger partial charge on any atom is 0.312 e. The van der Waals surface area contributed by atoms with Crippen molar-refractivity contribution in [3.05, 3.63) is 68.5 Å². The molecule has 0 saturated heterocycles. The fraction of sp³-hybridized carbons (Fsp3) is 0. The highest BCUT2D eigenvalue weighted by Crippen LogP contribution is 2.29. The number of benzene rings is 1. The zero-order chi connectivity index (χ0) is 16.6. The molecule has 9 heteroatoms. The topological polar surface area (TPSA) is 121 Å². The number of aldehydes is 1. The van der Waals surface area contributed by atoms with Gasteiger partial charge in [-0.15, -0.1) is 0 Å². The third-order valence-electron chi connectivity index (χ3n) is 3.31. The lowest BCUT2D eigenvalue weighted by atomic mass is 10.1. The molecule has 23 heavy (non-hydrogen) atoms. The van der Waals surface area contributed by atoms with Crippen LogP contribution in [-0.4, -0.2) is 25.5 Å². The number of non-ortho nitro benzene ring substituents is 1. The highest BCUT2D eigenvalue weighted by molar-refractivity contribution is 5.87. The van der Waals surface area contributed by atoms with Crippen molar-refractivity contribution in [3.8, 4) is 11.3 Å². The van der Waals surface area contributed by atoms with E-state index >= 15 is 0 Å². The van der Waals surface area contributed by atoms with Gasteiger partial charge in [0.15, 0.2) is 6.29 Å². The third-order valence-corrected chi connectivity index (χ3v) is 3.31. The standard InChI is InChI=1S/C14H8N4O5/c19-8-12-13(9-3-1-4-10(7-9)17(20)21)15-14-11(18(22)23)5-2-6-16(12)14/h1-8H. The van der Waals surface area contributed by atoms with Gasteiger partial charge in [-0.1, -0.05) is 12.1 Å². The van der Waals surface area contributed by atoms with Gasteiger partial charge < -0.3 is 0 Å². The van der Waals surface area contributed by atoms with E-state index in [0.29, 0.717) is 11.8 Å². The van der Waals surface area contributed by atoms with Gasteiger partial charge in [-0.3, -0.25) is 29.4 Å². The molecular weight excluding hydrogens is 304 g/mol. The Kier molecular flexibility index (Phi) is 3.30. The number of imidazole rings is 1. The van der Waals surface area contributed by atoms with Crippen LogP contribution in [0.15, 0.2) is 42.6 Å². The average molecular weight is 312 g/mol. The molecule has 0 N–H and O–H groups in total. The summed E-state index contributed by atoms with van der Waals surface area (Å²) in [7, 11) is 0. The zero-order valence-electron chi connectivity index (χ0n) is 11.4. The maximum absolute atomic E-state index is 11.4. The number of hydrogen-bond donors (Lipinski definition) is 0. The normalized spacial score (nSPS) is 10.6. The molecule has 0 spiro atoms. The largest absolute Gasteiger partial charge is 0.312 e. The zero-order valence-corrected chi connectivity index (χ0v) is 11.4. The summed E-state index contributed by atoms with van der Waals surface area (Å²) < 4.78 is 1.29. The van der Waals surface area contributed by atoms with Gasteiger partial charge in [-0.05, 0) is 6.07 Å². The molecule has 2 heterocycles. The number of rotatable bonds is 4. The summed E-state index contributed by atoms with van der Waals surface area (Å²) in [6.45, 7) is 0. The molecule has 0 saturated carbocycles. The maximum atomic E-state index is 11.4. The van der Waals surface area contributed by atoms with Gasteiger partial charge in [-0.25, -0.2) is 4.98 Å². The van der Waals surface area contributed by atoms with Gasteiger partial charge in [0.2, 0.25) is 5.65 Å². The highest BCUT2D eigenvalue weighted by atomic mass is 16.6. The van der Waals surface area contributed by atoms with Gasteiger partial charge >= 0.3 is 5.69 Å². The van der Waals surface area contributed by atoms with Crippen molar-refractivity contribution in [2.24, 2.45) is 0 Å². The fourth-order valence-corrected chi connectivity index (χ4v) is 2.31. The molecule has 0 fully saturated rings. The van der Waals surface area contributed by atoms with Crippen LogP contribution in [0.2, 0.25) is 0 Å². The van der Waals surface area contributed by atoms with E-state index in [1.807, 2.05) is 0 Å². The van der Waals surface area contributed by atoms with Crippen molar-refractivity contribution in [2.75, 3.05) is 0 Å². The number of aromatic nitrogens is 2. The summed E-state index contributed by atoms with van der Waals surface area (Å²) >= 11 is 0. The fourth-order valence-electron chi connectivity index (χ4n) is 2.31. The summed E-state index contributed by atoms with van der Waals surface area (Å²) in [4.78, 5) is 36.3. The molecule has 0 aliphatic rings. The van der Waals surface area contributed by atoms with Crippen LogP contribution in [0, 0.1) is 20.2 Å². The van der Waals surface area contributed by atoms with Crippen molar-refractivity contribution in [3.63, 3.8) is 0 Å². The Bertz CT molecular complexity index is 963. The van der Waals surface area contributed by atoms with Crippen molar-refractivity contribution in [1.82, 2.24) is 9.38 Å². The molecule has 9 nitrogen and oxygen atoms in total. The molecule has 0 atom stereocenters. The minimum Gasteiger partial charge on any atom is -0.296 e. The van der Waals surface area contributed by atoms with Crippen molar-refractivity contribution in [1.29, 1.82) is 0 Å². The smallest absolute Gasteiger partial charge is 0.296 e. The molecule has 2 aromatic heterocycles. The second-order valence-corrected chi connectivity index (χ2v) is 4.62. The van der Waals surface area contributed by atoms with Crippen LogP contribution >= 0.6 is 0 Å². The van der Waals surface area contributed by atoms with E-state index in [1.54, 1.807) is 6.07 Å². The van der Waals surface area contributed by atoms with Gasteiger partial charge in [-0.2, -0.15) is 0 Å². The average Bonchev–Trinajstić information content (AvgIpc) is 2.93. The number of carbonyl (C=O) groups excluding carboxylic acids is 1. The van der Waals surface area contributed by atoms with Crippen LogP contribution in [0.5, 0.6) is 0 Å². The van der Waals surface area contributed by atoms with Gasteiger partial charge in [0.1, 0.15) is 11.4 Å². The number of pyridine rings is 1. The monoisotopic (exact) mass is 312 g/mol. The number of nitro groups is 2. The predicted octanol–water partition coefficient (Wildman–Crippen LogP) is 2.63. The van der Waals surface area contributed by atoms with E-state index in [0.717, 1.165) is 0 Å². The summed E-state index contributed by atoms with van der Waals surface area (Å²) in [6.07, 6.45) is 1.98. The SMILES string of the molecule is O=Cc1c(-c2cccc([N+](=O)[O-])c2)nc2c([N+](=O)[O-])cccn12. The van der Waals surface area contributed by atoms with E-state index < -0.39 is 9.85 Å². The van der Waals surface area contributed by atoms with Crippen molar-refractivity contribution < 1.29 is 14.6 Å². The third kappa shape index (κ3) is 2.29. The predicted molar refractivity (Wildman–Crippen MR) is 79.3 cm³/mol. The van der Waals surface area contributed by atoms with Crippen molar-refractivity contribution >= 4 is 23.3 Å². The van der Waals surface area contributed by atoms with E-state index in [4.69, 9.17) is 0 Å². The minimum atomic E-state index is -0.603. The Morgan fingerprint density at radius 2 is 1.87 bits per heavy atom. The van der Waals surface area contributed by atoms with Crippen LogP contribution in [-0.2, 0) is 0 Å². The highest BCUT2D eigenvalue weighted by Gasteiger charge is 2.21. The van der Waals surface area contributed by atoms with Gasteiger partial charge in [0.05, 0.1) is 9.85 Å². The molecule has 0 aliphatic heterocycles. The van der Waals surface area contributed by atoms with Crippen LogP contribution in [0.1, 0.15) is 10.5 Å². The lowest BCUT2D eigenvalue weighted by molar-refractivity contribution is -0.384. The molecule has 114 valence electrons. The lowest BCUT2D eigenvalue weighted by Crippen LogP contribution is -1.95. The molecule has 0 bridgehead atoms. The Morgan fingerprint density at radius 1 is 1.09 bits per heavy atom. The summed E-state index contributed by atoms with van der Waals surface area (Å²) in [5.41, 5.74) is 0.154. The number of hydrogen-bond acceptors (Lipinski definition) is 6. The first-order valence-electron chi connectivity index (χ1n) is 6.38. The van der Waals surface area contributed by atoms with E-state index in [1.165, 1.54) is 40.9 Å². The number of fused-ring (bicyclic) bond motifs is 1. The molecule has 0 radical (unpaired) electrons. The summed E-state index contributed by atoms with van der Waals surface area (Å²) in [6, 6.07) is 8.28. The lowest BCUT2D eigenvalue weighted by Gasteiger charge is -1.99. The van der Waals surface area contributed by atoms with Crippen LogP contribution in [0.25, 0.3) is 16.9 Å². The minimum absolute atomic E-state index is 0.00102. The number of carbonyl (C=O) groups is 1. The summed E-state index contributed by atoms with van der Waals surface area (Å²) in [5.74, 6) is 0. The quantitative estimate of drug-likeness (QED) is 0.415. The van der Waals surface area contributed by atoms with Crippen LogP contribution in [0.3, 0.4) is 0 Å². The van der Waals surface area contributed by atoms with E-state index in [9.17, 15) is 25.0 Å². The van der Waals surface area contributed by atoms with E-state index in [-0.39, 0.29) is 28.4 Å². The van der Waals surface area contributed by atoms with Gasteiger partial charge in [0, 0.05) is 30.0 Å². The van der Waals surface area contributed by atoms with E-state index in [2.05, 4.69) is 4.98 Å². The Hall–Kier alpha value is -3.62.